The molecule has 2 aromatic carbocycles. The van der Waals surface area contributed by atoms with E-state index in [4.69, 9.17) is 0 Å². The van der Waals surface area contributed by atoms with Gasteiger partial charge in [-0.15, -0.1) is 0 Å². The molecule has 3 amide bonds. The standard InChI is InChI=1S/C21H28N4O4S/c1-15-5-11-18(12-6-15)30(28,29)25-17-9-7-16(8-10-17)24-20(27)22-13-19(26)23-14-21(2,3)4/h5-12,25H,13-14H2,1-4H3,(H,23,26)(H2,22,24,27). The molecule has 0 aliphatic heterocycles. The third-order valence-corrected chi connectivity index (χ3v) is 5.35. The molecule has 0 atom stereocenters. The summed E-state index contributed by atoms with van der Waals surface area (Å²) in [5.41, 5.74) is 1.75. The van der Waals surface area contributed by atoms with Crippen molar-refractivity contribution >= 4 is 33.3 Å². The Balaban J connectivity index is 1.86. The van der Waals surface area contributed by atoms with Crippen LogP contribution in [0.2, 0.25) is 0 Å². The summed E-state index contributed by atoms with van der Waals surface area (Å²) in [5.74, 6) is -0.277. The highest BCUT2D eigenvalue weighted by Crippen LogP contribution is 2.18. The van der Waals surface area contributed by atoms with Crippen LogP contribution in [0.3, 0.4) is 0 Å². The van der Waals surface area contributed by atoms with E-state index in [1.165, 1.54) is 24.3 Å². The first-order valence-corrected chi connectivity index (χ1v) is 10.9. The van der Waals surface area contributed by atoms with Gasteiger partial charge in [0.15, 0.2) is 0 Å². The van der Waals surface area contributed by atoms with Crippen molar-refractivity contribution in [2.45, 2.75) is 32.6 Å². The number of aryl methyl sites for hydroxylation is 1. The molecule has 4 N–H and O–H groups in total. The van der Waals surface area contributed by atoms with E-state index in [1.807, 2.05) is 27.7 Å². The fourth-order valence-electron chi connectivity index (χ4n) is 2.32. The predicted molar refractivity (Wildman–Crippen MR) is 118 cm³/mol. The van der Waals surface area contributed by atoms with Gasteiger partial charge < -0.3 is 16.0 Å². The molecule has 9 heteroatoms. The van der Waals surface area contributed by atoms with Crippen molar-refractivity contribution < 1.29 is 18.0 Å². The van der Waals surface area contributed by atoms with Gasteiger partial charge in [0.25, 0.3) is 10.0 Å². The van der Waals surface area contributed by atoms with Crippen LogP contribution in [0.1, 0.15) is 26.3 Å². The summed E-state index contributed by atoms with van der Waals surface area (Å²) in [6.45, 7) is 8.24. The average molecular weight is 433 g/mol. The Bertz CT molecular complexity index is 979. The van der Waals surface area contributed by atoms with Crippen molar-refractivity contribution in [1.29, 1.82) is 0 Å². The summed E-state index contributed by atoms with van der Waals surface area (Å²) in [4.78, 5) is 23.8. The number of amides is 3. The monoisotopic (exact) mass is 432 g/mol. The van der Waals surface area contributed by atoms with Gasteiger partial charge in [0, 0.05) is 17.9 Å². The summed E-state index contributed by atoms with van der Waals surface area (Å²) in [5, 5.41) is 7.80. The number of carbonyl (C=O) groups is 2. The number of anilines is 2. The van der Waals surface area contributed by atoms with Gasteiger partial charge in [-0.25, -0.2) is 13.2 Å². The number of hydrogen-bond donors (Lipinski definition) is 4. The molecule has 0 heterocycles. The van der Waals surface area contributed by atoms with Crippen molar-refractivity contribution in [3.05, 3.63) is 54.1 Å². The van der Waals surface area contributed by atoms with E-state index in [2.05, 4.69) is 20.7 Å². The maximum atomic E-state index is 12.4. The fourth-order valence-corrected chi connectivity index (χ4v) is 3.37. The quantitative estimate of drug-likeness (QED) is 0.538. The Hall–Kier alpha value is -3.07. The molecule has 0 saturated carbocycles. The van der Waals surface area contributed by atoms with Gasteiger partial charge in [-0.1, -0.05) is 38.5 Å². The van der Waals surface area contributed by atoms with Crippen LogP contribution in [0.5, 0.6) is 0 Å². The van der Waals surface area contributed by atoms with Crippen molar-refractivity contribution in [2.75, 3.05) is 23.1 Å². The fraction of sp³-hybridized carbons (Fsp3) is 0.333. The molecule has 0 fully saturated rings. The maximum absolute atomic E-state index is 12.4. The predicted octanol–water partition coefficient (Wildman–Crippen LogP) is 3.08. The van der Waals surface area contributed by atoms with Crippen molar-refractivity contribution in [3.8, 4) is 0 Å². The molecule has 0 unspecified atom stereocenters. The lowest BCUT2D eigenvalue weighted by atomic mass is 9.97. The number of nitrogens with one attached hydrogen (secondary N) is 4. The normalized spacial score (nSPS) is 11.5. The molecule has 0 bridgehead atoms. The van der Waals surface area contributed by atoms with E-state index >= 15 is 0 Å². The first kappa shape index (κ1) is 23.2. The minimum atomic E-state index is -3.69. The van der Waals surface area contributed by atoms with Crippen LogP contribution in [-0.4, -0.2) is 33.4 Å². The number of rotatable bonds is 7. The van der Waals surface area contributed by atoms with Crippen LogP contribution in [0.15, 0.2) is 53.4 Å². The first-order chi connectivity index (χ1) is 13.9. The highest BCUT2D eigenvalue weighted by molar-refractivity contribution is 7.92. The minimum absolute atomic E-state index is 0.0410. The highest BCUT2D eigenvalue weighted by atomic mass is 32.2. The summed E-state index contributed by atoms with van der Waals surface area (Å²) >= 11 is 0. The van der Waals surface area contributed by atoms with Crippen molar-refractivity contribution in [2.24, 2.45) is 5.41 Å². The van der Waals surface area contributed by atoms with E-state index in [-0.39, 0.29) is 22.8 Å². The van der Waals surface area contributed by atoms with Gasteiger partial charge in [-0.05, 0) is 48.7 Å². The number of benzene rings is 2. The summed E-state index contributed by atoms with van der Waals surface area (Å²) in [6.07, 6.45) is 0. The Morgan fingerprint density at radius 1 is 0.867 bits per heavy atom. The van der Waals surface area contributed by atoms with Crippen LogP contribution in [0.4, 0.5) is 16.2 Å². The van der Waals surface area contributed by atoms with Gasteiger partial charge in [-0.2, -0.15) is 0 Å². The molecule has 30 heavy (non-hydrogen) atoms. The second-order valence-corrected chi connectivity index (χ2v) is 9.82. The van der Waals surface area contributed by atoms with E-state index in [9.17, 15) is 18.0 Å². The lowest BCUT2D eigenvalue weighted by Crippen LogP contribution is -2.41. The third kappa shape index (κ3) is 7.75. The molecule has 0 radical (unpaired) electrons. The molecule has 0 spiro atoms. The summed E-state index contributed by atoms with van der Waals surface area (Å²) < 4.78 is 27.3. The van der Waals surface area contributed by atoms with Crippen molar-refractivity contribution in [1.82, 2.24) is 10.6 Å². The van der Waals surface area contributed by atoms with E-state index in [0.717, 1.165) is 5.56 Å². The minimum Gasteiger partial charge on any atom is -0.354 e. The molecule has 162 valence electrons. The van der Waals surface area contributed by atoms with Crippen LogP contribution in [0, 0.1) is 12.3 Å². The maximum Gasteiger partial charge on any atom is 0.319 e. The first-order valence-electron chi connectivity index (χ1n) is 9.46. The third-order valence-electron chi connectivity index (χ3n) is 3.95. The van der Waals surface area contributed by atoms with E-state index in [1.54, 1.807) is 24.3 Å². The van der Waals surface area contributed by atoms with E-state index < -0.39 is 16.1 Å². The van der Waals surface area contributed by atoms with Gasteiger partial charge >= 0.3 is 6.03 Å². The van der Waals surface area contributed by atoms with Gasteiger partial charge in [0.05, 0.1) is 11.4 Å². The van der Waals surface area contributed by atoms with Crippen molar-refractivity contribution in [3.63, 3.8) is 0 Å². The van der Waals surface area contributed by atoms with Crippen LogP contribution in [0.25, 0.3) is 0 Å². The zero-order valence-corrected chi connectivity index (χ0v) is 18.4. The molecule has 2 rings (SSSR count). The Labute approximate surface area is 177 Å². The smallest absolute Gasteiger partial charge is 0.319 e. The van der Waals surface area contributed by atoms with Crippen LogP contribution >= 0.6 is 0 Å². The number of carbonyl (C=O) groups excluding carboxylic acids is 2. The molecule has 0 saturated heterocycles. The highest BCUT2D eigenvalue weighted by Gasteiger charge is 2.14. The SMILES string of the molecule is Cc1ccc(S(=O)(=O)Nc2ccc(NC(=O)NCC(=O)NCC(C)(C)C)cc2)cc1. The summed E-state index contributed by atoms with van der Waals surface area (Å²) in [6, 6.07) is 12.2. The van der Waals surface area contributed by atoms with Gasteiger partial charge in [-0.3, -0.25) is 9.52 Å². The molecule has 0 aliphatic rings. The van der Waals surface area contributed by atoms with Crippen LogP contribution in [-0.2, 0) is 14.8 Å². The van der Waals surface area contributed by atoms with Gasteiger partial charge in [0.2, 0.25) is 5.91 Å². The Kier molecular flexibility index (Phi) is 7.44. The lowest BCUT2D eigenvalue weighted by molar-refractivity contribution is -0.120. The number of sulfonamides is 1. The zero-order valence-electron chi connectivity index (χ0n) is 17.6. The molecule has 0 aliphatic carbocycles. The number of urea groups is 1. The second-order valence-electron chi connectivity index (χ2n) is 8.14. The Morgan fingerprint density at radius 2 is 1.43 bits per heavy atom. The Morgan fingerprint density at radius 3 is 2.00 bits per heavy atom. The molecular formula is C21H28N4O4S. The van der Waals surface area contributed by atoms with Crippen LogP contribution < -0.4 is 20.7 Å². The molecule has 8 nitrogen and oxygen atoms in total. The average Bonchev–Trinajstić information content (AvgIpc) is 2.66. The topological polar surface area (TPSA) is 116 Å². The summed E-state index contributed by atoms with van der Waals surface area (Å²) in [7, 11) is -3.69. The number of hydrogen-bond acceptors (Lipinski definition) is 4. The lowest BCUT2D eigenvalue weighted by Gasteiger charge is -2.18. The molecule has 0 aromatic heterocycles. The second kappa shape index (κ2) is 9.62. The van der Waals surface area contributed by atoms with Gasteiger partial charge in [0.1, 0.15) is 0 Å². The molecular weight excluding hydrogens is 404 g/mol. The zero-order chi connectivity index (χ0) is 22.4. The molecule has 2 aromatic rings. The van der Waals surface area contributed by atoms with E-state index in [0.29, 0.717) is 17.9 Å². The largest absolute Gasteiger partial charge is 0.354 e.